The average molecular weight is 376 g/mol. The molecule has 2 rings (SSSR count). The van der Waals surface area contributed by atoms with Gasteiger partial charge in [-0.1, -0.05) is 37.0 Å². The zero-order valence-electron chi connectivity index (χ0n) is 16.8. The molecule has 6 nitrogen and oxygen atoms in total. The van der Waals surface area contributed by atoms with Gasteiger partial charge >= 0.3 is 6.03 Å². The van der Waals surface area contributed by atoms with Crippen LogP contribution in [-0.4, -0.2) is 37.7 Å². The number of aryl methyl sites for hydroxylation is 3. The minimum atomic E-state index is -0.333. The summed E-state index contributed by atoms with van der Waals surface area (Å²) in [7, 11) is 0. The van der Waals surface area contributed by atoms with Crippen molar-refractivity contribution in [1.82, 2.24) is 10.6 Å². The molecule has 0 spiro atoms. The molecule has 1 aromatic rings. The van der Waals surface area contributed by atoms with Crippen molar-refractivity contribution < 1.29 is 14.3 Å². The zero-order valence-corrected chi connectivity index (χ0v) is 16.8. The van der Waals surface area contributed by atoms with Gasteiger partial charge in [0.2, 0.25) is 5.91 Å². The Balaban J connectivity index is 1.59. The third-order valence-corrected chi connectivity index (χ3v) is 4.86. The van der Waals surface area contributed by atoms with Crippen LogP contribution < -0.4 is 16.0 Å². The molecule has 0 radical (unpaired) electrons. The van der Waals surface area contributed by atoms with E-state index in [0.29, 0.717) is 19.3 Å². The normalized spacial score (nSPS) is 14.6. The quantitative estimate of drug-likeness (QED) is 0.608. The second kappa shape index (κ2) is 10.9. The van der Waals surface area contributed by atoms with Gasteiger partial charge in [-0.25, -0.2) is 4.79 Å². The van der Waals surface area contributed by atoms with Gasteiger partial charge in [-0.05, 0) is 51.2 Å². The Hall–Kier alpha value is -2.08. The van der Waals surface area contributed by atoms with E-state index in [1.54, 1.807) is 0 Å². The summed E-state index contributed by atoms with van der Waals surface area (Å²) in [5.41, 5.74) is 4.01. The topological polar surface area (TPSA) is 79.5 Å². The molecule has 3 N–H and O–H groups in total. The van der Waals surface area contributed by atoms with Crippen LogP contribution in [0.4, 0.5) is 10.5 Å². The highest BCUT2D eigenvalue weighted by Gasteiger charge is 2.13. The number of rotatable bonds is 8. The molecule has 27 heavy (non-hydrogen) atoms. The van der Waals surface area contributed by atoms with E-state index in [2.05, 4.69) is 16.0 Å². The number of anilines is 1. The Labute approximate surface area is 162 Å². The molecule has 1 fully saturated rings. The summed E-state index contributed by atoms with van der Waals surface area (Å²) in [6.07, 6.45) is 7.32. The Morgan fingerprint density at radius 2 is 1.70 bits per heavy atom. The molecule has 1 saturated carbocycles. The van der Waals surface area contributed by atoms with Crippen LogP contribution in [0.25, 0.3) is 0 Å². The molecule has 150 valence electrons. The van der Waals surface area contributed by atoms with E-state index in [-0.39, 0.29) is 18.5 Å². The van der Waals surface area contributed by atoms with Gasteiger partial charge < -0.3 is 20.7 Å². The van der Waals surface area contributed by atoms with Crippen molar-refractivity contribution >= 4 is 17.6 Å². The molecule has 0 atom stereocenters. The predicted molar refractivity (Wildman–Crippen MR) is 108 cm³/mol. The molecule has 0 saturated heterocycles. The Morgan fingerprint density at radius 1 is 1.04 bits per heavy atom. The van der Waals surface area contributed by atoms with Gasteiger partial charge in [-0.3, -0.25) is 4.79 Å². The molecule has 6 heteroatoms. The fourth-order valence-corrected chi connectivity index (χ4v) is 3.54. The highest BCUT2D eigenvalue weighted by molar-refractivity contribution is 5.95. The van der Waals surface area contributed by atoms with Crippen molar-refractivity contribution in [1.29, 1.82) is 0 Å². The largest absolute Gasteiger partial charge is 0.378 e. The average Bonchev–Trinajstić information content (AvgIpc) is 2.63. The highest BCUT2D eigenvalue weighted by atomic mass is 16.5. The number of carbonyl (C=O) groups excluding carboxylic acids is 2. The Morgan fingerprint density at radius 3 is 2.37 bits per heavy atom. The Kier molecular flexibility index (Phi) is 8.58. The van der Waals surface area contributed by atoms with Crippen molar-refractivity contribution in [3.63, 3.8) is 0 Å². The first-order chi connectivity index (χ1) is 13.0. The third-order valence-electron chi connectivity index (χ3n) is 4.86. The fourth-order valence-electron chi connectivity index (χ4n) is 3.54. The van der Waals surface area contributed by atoms with Crippen LogP contribution in [0.2, 0.25) is 0 Å². The van der Waals surface area contributed by atoms with E-state index in [4.69, 9.17) is 4.74 Å². The SMILES string of the molecule is Cc1cc(C)c(NC(=O)CNC(=O)NCCCOC2CCCCC2)c(C)c1. The lowest BCUT2D eigenvalue weighted by Gasteiger charge is -2.21. The van der Waals surface area contributed by atoms with Gasteiger partial charge in [0.05, 0.1) is 12.6 Å². The van der Waals surface area contributed by atoms with Crippen LogP contribution in [0.15, 0.2) is 12.1 Å². The summed E-state index contributed by atoms with van der Waals surface area (Å²) in [4.78, 5) is 23.9. The lowest BCUT2D eigenvalue weighted by molar-refractivity contribution is -0.115. The number of benzene rings is 1. The molecule has 1 aliphatic carbocycles. The number of hydrogen-bond acceptors (Lipinski definition) is 3. The highest BCUT2D eigenvalue weighted by Crippen LogP contribution is 2.22. The third kappa shape index (κ3) is 7.59. The lowest BCUT2D eigenvalue weighted by atomic mass is 9.98. The van der Waals surface area contributed by atoms with Crippen molar-refractivity contribution in [2.75, 3.05) is 25.0 Å². The predicted octanol–water partition coefficient (Wildman–Crippen LogP) is 3.59. The van der Waals surface area contributed by atoms with Gasteiger partial charge in [-0.2, -0.15) is 0 Å². The smallest absolute Gasteiger partial charge is 0.315 e. The Bertz CT molecular complexity index is 617. The number of urea groups is 1. The second-order valence-corrected chi connectivity index (χ2v) is 7.42. The summed E-state index contributed by atoms with van der Waals surface area (Å²) in [5.74, 6) is -0.235. The van der Waals surface area contributed by atoms with E-state index in [1.807, 2.05) is 32.9 Å². The first-order valence-corrected chi connectivity index (χ1v) is 9.96. The van der Waals surface area contributed by atoms with E-state index in [9.17, 15) is 9.59 Å². The summed E-state index contributed by atoms with van der Waals surface area (Å²) < 4.78 is 5.82. The molecule has 3 amide bonds. The van der Waals surface area contributed by atoms with Crippen molar-refractivity contribution in [3.05, 3.63) is 28.8 Å². The summed E-state index contributed by atoms with van der Waals surface area (Å²) in [6.45, 7) is 7.10. The van der Waals surface area contributed by atoms with Gasteiger partial charge in [0.1, 0.15) is 0 Å². The van der Waals surface area contributed by atoms with E-state index in [1.165, 1.54) is 19.3 Å². The van der Waals surface area contributed by atoms with Crippen LogP contribution in [0.5, 0.6) is 0 Å². The molecular weight excluding hydrogens is 342 g/mol. The summed E-state index contributed by atoms with van der Waals surface area (Å²) in [5, 5.41) is 8.22. The number of carbonyl (C=O) groups is 2. The molecule has 0 aliphatic heterocycles. The van der Waals surface area contributed by atoms with E-state index < -0.39 is 0 Å². The minimum Gasteiger partial charge on any atom is -0.378 e. The number of amides is 3. The first kappa shape index (κ1) is 21.2. The van der Waals surface area contributed by atoms with E-state index in [0.717, 1.165) is 41.6 Å². The maximum absolute atomic E-state index is 12.1. The van der Waals surface area contributed by atoms with Crippen molar-refractivity contribution in [3.8, 4) is 0 Å². The van der Waals surface area contributed by atoms with Crippen LogP contribution in [-0.2, 0) is 9.53 Å². The van der Waals surface area contributed by atoms with Crippen LogP contribution in [0, 0.1) is 20.8 Å². The van der Waals surface area contributed by atoms with Gasteiger partial charge in [0.25, 0.3) is 0 Å². The van der Waals surface area contributed by atoms with Crippen molar-refractivity contribution in [2.45, 2.75) is 65.4 Å². The molecule has 0 unspecified atom stereocenters. The number of nitrogens with one attached hydrogen (secondary N) is 3. The molecule has 1 aliphatic rings. The summed E-state index contributed by atoms with van der Waals surface area (Å²) >= 11 is 0. The zero-order chi connectivity index (χ0) is 19.6. The van der Waals surface area contributed by atoms with E-state index >= 15 is 0 Å². The van der Waals surface area contributed by atoms with Crippen molar-refractivity contribution in [2.24, 2.45) is 0 Å². The number of hydrogen-bond donors (Lipinski definition) is 3. The molecular formula is C21H33N3O3. The maximum Gasteiger partial charge on any atom is 0.315 e. The molecule has 0 aromatic heterocycles. The first-order valence-electron chi connectivity index (χ1n) is 9.96. The summed E-state index contributed by atoms with van der Waals surface area (Å²) in [6, 6.07) is 3.72. The monoisotopic (exact) mass is 375 g/mol. The number of ether oxygens (including phenoxy) is 1. The van der Waals surface area contributed by atoms with Crippen LogP contribution in [0.3, 0.4) is 0 Å². The minimum absolute atomic E-state index is 0.0584. The maximum atomic E-state index is 12.1. The molecule has 1 aromatic carbocycles. The van der Waals surface area contributed by atoms with Crippen LogP contribution in [0.1, 0.15) is 55.2 Å². The molecule has 0 heterocycles. The lowest BCUT2D eigenvalue weighted by Crippen LogP contribution is -2.40. The van der Waals surface area contributed by atoms with Crippen LogP contribution >= 0.6 is 0 Å². The standard InChI is InChI=1S/C21H33N3O3/c1-15-12-16(2)20(17(3)13-15)24-19(25)14-23-21(26)22-10-7-11-27-18-8-5-4-6-9-18/h12-13,18H,4-11,14H2,1-3H3,(H,24,25)(H2,22,23,26). The van der Waals surface area contributed by atoms with Gasteiger partial charge in [0, 0.05) is 18.8 Å². The van der Waals surface area contributed by atoms with Gasteiger partial charge in [0.15, 0.2) is 0 Å². The van der Waals surface area contributed by atoms with Gasteiger partial charge in [-0.15, -0.1) is 0 Å². The fraction of sp³-hybridized carbons (Fsp3) is 0.619. The second-order valence-electron chi connectivity index (χ2n) is 7.42. The molecule has 0 bridgehead atoms.